The van der Waals surface area contributed by atoms with E-state index in [1.165, 1.54) is 50.2 Å². The van der Waals surface area contributed by atoms with Gasteiger partial charge in [-0.15, -0.1) is 0 Å². The molecule has 14 heteroatoms. The molecule has 47 heavy (non-hydrogen) atoms. The highest BCUT2D eigenvalue weighted by Gasteiger charge is 2.41. The second-order valence-electron chi connectivity index (χ2n) is 12.3. The first kappa shape index (κ1) is 35.5. The Kier molecular flexibility index (Phi) is 9.84. The third-order valence-corrected chi connectivity index (χ3v) is 8.29. The van der Waals surface area contributed by atoms with E-state index in [1.807, 2.05) is 4.90 Å². The number of nitrogens with zero attached hydrogens (tertiary/aromatic N) is 4. The number of carbonyl (C=O) groups is 2. The molecule has 1 atom stereocenters. The van der Waals surface area contributed by atoms with Crippen molar-refractivity contribution in [2.75, 3.05) is 44.1 Å². The largest absolute Gasteiger partial charge is 0.447 e. The summed E-state index contributed by atoms with van der Waals surface area (Å²) in [6.45, 7) is 4.83. The van der Waals surface area contributed by atoms with Crippen LogP contribution in [0.2, 0.25) is 0 Å². The topological polar surface area (TPSA) is 66.0 Å². The van der Waals surface area contributed by atoms with E-state index in [2.05, 4.69) is 4.98 Å². The summed E-state index contributed by atoms with van der Waals surface area (Å²) in [4.78, 5) is 35.0. The van der Waals surface area contributed by atoms with Crippen molar-refractivity contribution in [3.8, 4) is 11.1 Å². The van der Waals surface area contributed by atoms with Gasteiger partial charge in [-0.1, -0.05) is 6.07 Å². The molecule has 0 radical (unpaired) electrons. The highest BCUT2D eigenvalue weighted by molar-refractivity contribution is 6.03. The van der Waals surface area contributed by atoms with Crippen molar-refractivity contribution in [2.24, 2.45) is 0 Å². The normalized spacial score (nSPS) is 15.5. The zero-order valence-electron chi connectivity index (χ0n) is 26.7. The number of alkyl halides is 6. The van der Waals surface area contributed by atoms with Crippen LogP contribution in [-0.2, 0) is 27.3 Å². The minimum absolute atomic E-state index is 0.0128. The Balaban J connectivity index is 1.79. The number of anilines is 2. The molecule has 1 saturated heterocycles. The van der Waals surface area contributed by atoms with Gasteiger partial charge in [-0.25, -0.2) is 14.2 Å². The maximum absolute atomic E-state index is 14.1. The number of carbonyl (C=O) groups excluding carboxylic acids is 2. The van der Waals surface area contributed by atoms with Gasteiger partial charge in [0.05, 0.1) is 34.5 Å². The Morgan fingerprint density at radius 2 is 1.51 bits per heavy atom. The number of hydrogen-bond donors (Lipinski definition) is 0. The molecule has 1 fully saturated rings. The first-order chi connectivity index (χ1) is 21.7. The van der Waals surface area contributed by atoms with Gasteiger partial charge in [0.2, 0.25) is 5.91 Å². The standard InChI is InChI=1S/C33H35F7N4O3/c1-19-12-23(34)9-10-25(19)26-16-28(44-11-7-8-24(44)18-47-30(46)42(4)5)41-17-27(26)43(6)29(45)31(2,3)20-13-21(32(35,36)37)15-22(14-20)33(38,39)40/h9-10,12-17,24H,7-8,11,18H2,1-6H3/t24-/m0/s1. The van der Waals surface area contributed by atoms with Gasteiger partial charge in [-0.3, -0.25) is 4.79 Å². The first-order valence-electron chi connectivity index (χ1n) is 14.7. The zero-order valence-corrected chi connectivity index (χ0v) is 26.7. The molecular weight excluding hydrogens is 633 g/mol. The molecule has 1 aromatic heterocycles. The first-order valence-corrected chi connectivity index (χ1v) is 14.7. The molecule has 254 valence electrons. The van der Waals surface area contributed by atoms with Crippen LogP contribution in [0.15, 0.2) is 48.7 Å². The highest BCUT2D eigenvalue weighted by Crippen LogP contribution is 2.41. The molecule has 2 heterocycles. The van der Waals surface area contributed by atoms with Gasteiger partial charge in [0.25, 0.3) is 0 Å². The molecule has 0 unspecified atom stereocenters. The van der Waals surface area contributed by atoms with Gasteiger partial charge in [0.1, 0.15) is 18.2 Å². The van der Waals surface area contributed by atoms with E-state index in [4.69, 9.17) is 4.74 Å². The molecule has 0 bridgehead atoms. The fraction of sp³-hybridized carbons (Fsp3) is 0.424. The highest BCUT2D eigenvalue weighted by atomic mass is 19.4. The lowest BCUT2D eigenvalue weighted by Gasteiger charge is -2.33. The van der Waals surface area contributed by atoms with Gasteiger partial charge < -0.3 is 19.4 Å². The number of amides is 2. The van der Waals surface area contributed by atoms with Crippen molar-refractivity contribution in [3.63, 3.8) is 0 Å². The summed E-state index contributed by atoms with van der Waals surface area (Å²) < 4.78 is 101. The Morgan fingerprint density at radius 3 is 2.06 bits per heavy atom. The lowest BCUT2D eigenvalue weighted by molar-refractivity contribution is -0.143. The van der Waals surface area contributed by atoms with Crippen LogP contribution >= 0.6 is 0 Å². The van der Waals surface area contributed by atoms with Gasteiger partial charge in [0, 0.05) is 33.3 Å². The quantitative estimate of drug-likeness (QED) is 0.240. The van der Waals surface area contributed by atoms with Crippen LogP contribution in [0.3, 0.4) is 0 Å². The predicted octanol–water partition coefficient (Wildman–Crippen LogP) is 7.84. The van der Waals surface area contributed by atoms with Crippen molar-refractivity contribution in [2.45, 2.75) is 57.4 Å². The Bertz CT molecular complexity index is 1620. The van der Waals surface area contributed by atoms with Crippen molar-refractivity contribution < 1.29 is 45.1 Å². The summed E-state index contributed by atoms with van der Waals surface area (Å²) in [5.41, 5.74) is -3.75. The molecule has 4 rings (SSSR count). The van der Waals surface area contributed by atoms with Gasteiger partial charge in [-0.2, -0.15) is 26.3 Å². The molecule has 7 nitrogen and oxygen atoms in total. The van der Waals surface area contributed by atoms with E-state index in [-0.39, 0.29) is 24.4 Å². The Labute approximate surface area is 267 Å². The summed E-state index contributed by atoms with van der Waals surface area (Å²) in [5, 5.41) is 0. The second kappa shape index (κ2) is 13.0. The van der Waals surface area contributed by atoms with E-state index < -0.39 is 52.3 Å². The number of halogens is 7. The fourth-order valence-electron chi connectivity index (χ4n) is 5.58. The number of benzene rings is 2. The molecule has 1 aliphatic heterocycles. The monoisotopic (exact) mass is 668 g/mol. The molecular formula is C33H35F7N4O3. The summed E-state index contributed by atoms with van der Waals surface area (Å²) in [7, 11) is 4.47. The van der Waals surface area contributed by atoms with Crippen LogP contribution in [0.4, 0.5) is 47.0 Å². The molecule has 0 spiro atoms. The maximum Gasteiger partial charge on any atom is 0.416 e. The smallest absolute Gasteiger partial charge is 0.416 e. The molecule has 2 aromatic carbocycles. The van der Waals surface area contributed by atoms with E-state index in [9.17, 15) is 40.3 Å². The van der Waals surface area contributed by atoms with E-state index in [1.54, 1.807) is 27.1 Å². The minimum atomic E-state index is -5.09. The van der Waals surface area contributed by atoms with E-state index >= 15 is 0 Å². The minimum Gasteiger partial charge on any atom is -0.447 e. The van der Waals surface area contributed by atoms with Crippen molar-refractivity contribution in [3.05, 3.63) is 76.7 Å². The fourth-order valence-corrected chi connectivity index (χ4v) is 5.58. The number of aryl methyl sites for hydroxylation is 1. The number of pyridine rings is 1. The van der Waals surface area contributed by atoms with Crippen molar-refractivity contribution >= 4 is 23.5 Å². The third kappa shape index (κ3) is 7.62. The molecule has 2 amide bonds. The second-order valence-corrected chi connectivity index (χ2v) is 12.3. The summed E-state index contributed by atoms with van der Waals surface area (Å²) in [6, 6.07) is 6.63. The van der Waals surface area contributed by atoms with Crippen molar-refractivity contribution in [1.29, 1.82) is 0 Å². The molecule has 0 saturated carbocycles. The number of hydrogen-bond acceptors (Lipinski definition) is 5. The summed E-state index contributed by atoms with van der Waals surface area (Å²) >= 11 is 0. The number of ether oxygens (including phenoxy) is 1. The predicted molar refractivity (Wildman–Crippen MR) is 163 cm³/mol. The Morgan fingerprint density at radius 1 is 0.915 bits per heavy atom. The number of likely N-dealkylation sites (N-methyl/N-ethyl adjacent to an activating group) is 1. The number of aromatic nitrogens is 1. The zero-order chi connectivity index (χ0) is 35.1. The van der Waals surface area contributed by atoms with Crippen molar-refractivity contribution in [1.82, 2.24) is 9.88 Å². The number of rotatable bonds is 7. The molecule has 0 N–H and O–H groups in total. The van der Waals surface area contributed by atoms with Gasteiger partial charge in [0.15, 0.2) is 0 Å². The van der Waals surface area contributed by atoms with Crippen LogP contribution in [0.1, 0.15) is 48.9 Å². The average Bonchev–Trinajstić information content (AvgIpc) is 3.46. The lowest BCUT2D eigenvalue weighted by Crippen LogP contribution is -2.42. The van der Waals surface area contributed by atoms with Crippen LogP contribution in [0, 0.1) is 12.7 Å². The van der Waals surface area contributed by atoms with Crippen LogP contribution < -0.4 is 9.80 Å². The molecule has 3 aromatic rings. The summed E-state index contributed by atoms with van der Waals surface area (Å²) in [5.74, 6) is -0.834. The van der Waals surface area contributed by atoms with Gasteiger partial charge >= 0.3 is 18.4 Å². The van der Waals surface area contributed by atoms with E-state index in [0.717, 1.165) is 11.3 Å². The Hall–Kier alpha value is -4.36. The van der Waals surface area contributed by atoms with Crippen LogP contribution in [-0.4, -0.2) is 62.2 Å². The summed E-state index contributed by atoms with van der Waals surface area (Å²) in [6.07, 6.45) is -7.82. The van der Waals surface area contributed by atoms with Crippen LogP contribution in [0.25, 0.3) is 11.1 Å². The SMILES string of the molecule is Cc1cc(F)ccc1-c1cc(N2CCC[C@H]2COC(=O)N(C)C)ncc1N(C)C(=O)C(C)(C)c1cc(C(F)(F)F)cc(C(F)(F)F)c1. The molecule has 0 aliphatic carbocycles. The van der Waals surface area contributed by atoms with Gasteiger partial charge in [-0.05, 0) is 86.7 Å². The molecule has 1 aliphatic rings. The third-order valence-electron chi connectivity index (χ3n) is 8.29. The average molecular weight is 669 g/mol. The van der Waals surface area contributed by atoms with E-state index in [0.29, 0.717) is 47.6 Å². The maximum atomic E-state index is 14.1. The van der Waals surface area contributed by atoms with Crippen LogP contribution in [0.5, 0.6) is 0 Å². The lowest BCUT2D eigenvalue weighted by atomic mass is 9.81.